The van der Waals surface area contributed by atoms with Gasteiger partial charge in [0.25, 0.3) is 0 Å². The molecule has 2 aromatic rings. The number of benzene rings is 2. The highest BCUT2D eigenvalue weighted by atomic mass is 19.2. The van der Waals surface area contributed by atoms with Crippen molar-refractivity contribution in [2.24, 2.45) is 0 Å². The quantitative estimate of drug-likeness (QED) is 0.316. The Morgan fingerprint density at radius 2 is 1.56 bits per heavy atom. The van der Waals surface area contributed by atoms with Gasteiger partial charge in [0.15, 0.2) is 17.5 Å². The van der Waals surface area contributed by atoms with Gasteiger partial charge >= 0.3 is 0 Å². The topological polar surface area (TPSA) is 0 Å². The molecule has 25 heavy (non-hydrogen) atoms. The molecule has 1 aliphatic rings. The molecule has 0 radical (unpaired) electrons. The van der Waals surface area contributed by atoms with Crippen LogP contribution in [0.3, 0.4) is 0 Å². The molecule has 0 saturated carbocycles. The predicted octanol–water partition coefficient (Wildman–Crippen LogP) is 6.82. The van der Waals surface area contributed by atoms with Gasteiger partial charge in [0.05, 0.1) is 0 Å². The fourth-order valence-electron chi connectivity index (χ4n) is 3.30. The average Bonchev–Trinajstić information content (AvgIpc) is 2.59. The van der Waals surface area contributed by atoms with Crippen molar-refractivity contribution in [2.45, 2.75) is 45.4 Å². The van der Waals surface area contributed by atoms with Gasteiger partial charge in [-0.05, 0) is 66.6 Å². The van der Waals surface area contributed by atoms with Crippen molar-refractivity contribution in [2.75, 3.05) is 0 Å². The van der Waals surface area contributed by atoms with E-state index in [2.05, 4.69) is 6.92 Å². The molecule has 0 atom stereocenters. The van der Waals surface area contributed by atoms with Gasteiger partial charge in [-0.2, -0.15) is 0 Å². The fraction of sp³-hybridized carbons (Fsp3) is 0.333. The van der Waals surface area contributed by atoms with E-state index in [1.54, 1.807) is 6.07 Å². The van der Waals surface area contributed by atoms with Crippen molar-refractivity contribution in [1.29, 1.82) is 0 Å². The molecule has 0 saturated heterocycles. The van der Waals surface area contributed by atoms with E-state index in [1.807, 2.05) is 6.08 Å². The molecule has 2 aromatic carbocycles. The van der Waals surface area contributed by atoms with Gasteiger partial charge in [-0.25, -0.2) is 17.6 Å². The third-order valence-electron chi connectivity index (χ3n) is 4.70. The van der Waals surface area contributed by atoms with Crippen LogP contribution in [0.15, 0.2) is 29.8 Å². The van der Waals surface area contributed by atoms with Crippen LogP contribution in [0.1, 0.15) is 50.2 Å². The number of rotatable bonds is 5. The predicted molar refractivity (Wildman–Crippen MR) is 92.2 cm³/mol. The Bertz CT molecular complexity index is 798. The van der Waals surface area contributed by atoms with Crippen LogP contribution in [-0.2, 0) is 6.42 Å². The Morgan fingerprint density at radius 3 is 2.24 bits per heavy atom. The van der Waals surface area contributed by atoms with Crippen LogP contribution in [0, 0.1) is 23.3 Å². The summed E-state index contributed by atoms with van der Waals surface area (Å²) in [5.41, 5.74) is 3.18. The van der Waals surface area contributed by atoms with Crippen LogP contribution in [-0.4, -0.2) is 0 Å². The van der Waals surface area contributed by atoms with Gasteiger partial charge < -0.3 is 0 Å². The lowest BCUT2D eigenvalue weighted by Gasteiger charge is -2.18. The maximum atomic E-state index is 14.5. The first-order valence-electron chi connectivity index (χ1n) is 8.66. The molecule has 132 valence electrons. The van der Waals surface area contributed by atoms with Crippen LogP contribution >= 0.6 is 0 Å². The molecule has 0 N–H and O–H groups in total. The molecule has 0 nitrogen and oxygen atoms in total. The summed E-state index contributed by atoms with van der Waals surface area (Å²) in [7, 11) is 0. The summed E-state index contributed by atoms with van der Waals surface area (Å²) in [6.45, 7) is 2.16. The molecule has 0 heterocycles. The van der Waals surface area contributed by atoms with Gasteiger partial charge in [-0.15, -0.1) is 0 Å². The van der Waals surface area contributed by atoms with E-state index in [9.17, 15) is 17.6 Å². The Morgan fingerprint density at radius 1 is 0.840 bits per heavy atom. The van der Waals surface area contributed by atoms with E-state index in [0.29, 0.717) is 0 Å². The zero-order valence-corrected chi connectivity index (χ0v) is 14.1. The van der Waals surface area contributed by atoms with Crippen molar-refractivity contribution < 1.29 is 17.6 Å². The van der Waals surface area contributed by atoms with E-state index < -0.39 is 23.3 Å². The highest BCUT2D eigenvalue weighted by Gasteiger charge is 2.18. The third-order valence-corrected chi connectivity index (χ3v) is 4.70. The molecule has 0 amide bonds. The minimum absolute atomic E-state index is 0.00872. The number of hydrogen-bond acceptors (Lipinski definition) is 0. The summed E-state index contributed by atoms with van der Waals surface area (Å²) >= 11 is 0. The maximum Gasteiger partial charge on any atom is 0.194 e. The number of allylic oxidation sites excluding steroid dienone is 1. The maximum absolute atomic E-state index is 14.5. The van der Waals surface area contributed by atoms with E-state index in [4.69, 9.17) is 0 Å². The highest BCUT2D eigenvalue weighted by Crippen LogP contribution is 2.33. The van der Waals surface area contributed by atoms with E-state index >= 15 is 0 Å². The second-order valence-corrected chi connectivity index (χ2v) is 6.54. The first-order valence-corrected chi connectivity index (χ1v) is 8.66. The number of hydrogen-bond donors (Lipinski definition) is 0. The summed E-state index contributed by atoms with van der Waals surface area (Å²) in [6, 6.07) is 4.69. The molecular formula is C21H20F4. The van der Waals surface area contributed by atoms with Gasteiger partial charge in [0.1, 0.15) is 5.82 Å². The summed E-state index contributed by atoms with van der Waals surface area (Å²) in [4.78, 5) is 0. The van der Waals surface area contributed by atoms with Crippen LogP contribution in [0.5, 0.6) is 0 Å². The van der Waals surface area contributed by atoms with E-state index in [-0.39, 0.29) is 11.1 Å². The van der Waals surface area contributed by atoms with Crippen LogP contribution in [0.2, 0.25) is 0 Å². The molecule has 1 aliphatic carbocycles. The van der Waals surface area contributed by atoms with Crippen LogP contribution in [0.4, 0.5) is 17.6 Å². The molecule has 0 bridgehead atoms. The van der Waals surface area contributed by atoms with Crippen molar-refractivity contribution in [3.05, 3.63) is 64.2 Å². The zero-order valence-electron chi connectivity index (χ0n) is 14.1. The van der Waals surface area contributed by atoms with E-state index in [0.717, 1.165) is 55.4 Å². The Hall–Kier alpha value is -2.10. The summed E-state index contributed by atoms with van der Waals surface area (Å²) in [5, 5.41) is 0. The summed E-state index contributed by atoms with van der Waals surface area (Å²) in [6.07, 6.45) is 8.19. The molecule has 3 rings (SSSR count). The molecule has 0 aromatic heterocycles. The van der Waals surface area contributed by atoms with Crippen LogP contribution in [0.25, 0.3) is 17.2 Å². The molecule has 0 aliphatic heterocycles. The van der Waals surface area contributed by atoms with Gasteiger partial charge in [0.2, 0.25) is 0 Å². The zero-order chi connectivity index (χ0) is 18.0. The van der Waals surface area contributed by atoms with Crippen molar-refractivity contribution in [1.82, 2.24) is 0 Å². The SMILES string of the molecule is CCCCCC1=Cc2cc(F)c(-c3cc(F)c(F)c(F)c3)cc2CC1. The first kappa shape index (κ1) is 17.7. The minimum atomic E-state index is -1.54. The molecule has 4 heteroatoms. The van der Waals surface area contributed by atoms with Gasteiger partial charge in [-0.1, -0.05) is 31.4 Å². The van der Waals surface area contributed by atoms with Crippen molar-refractivity contribution in [3.63, 3.8) is 0 Å². The number of fused-ring (bicyclic) bond motifs is 1. The minimum Gasteiger partial charge on any atom is -0.206 e. The summed E-state index contributed by atoms with van der Waals surface area (Å²) in [5.74, 6) is -4.73. The third kappa shape index (κ3) is 3.78. The smallest absolute Gasteiger partial charge is 0.194 e. The second-order valence-electron chi connectivity index (χ2n) is 6.54. The van der Waals surface area contributed by atoms with Crippen molar-refractivity contribution >= 4 is 6.08 Å². The average molecular weight is 348 g/mol. The van der Waals surface area contributed by atoms with Crippen molar-refractivity contribution in [3.8, 4) is 11.1 Å². The lowest BCUT2D eigenvalue weighted by Crippen LogP contribution is -2.02. The van der Waals surface area contributed by atoms with Gasteiger partial charge in [0, 0.05) is 5.56 Å². The fourth-order valence-corrected chi connectivity index (χ4v) is 3.30. The summed E-state index contributed by atoms with van der Waals surface area (Å²) < 4.78 is 54.5. The standard InChI is InChI=1S/C21H20F4/c1-2-3-4-5-13-6-7-14-9-17(18(22)10-15(14)8-13)16-11-19(23)21(25)20(24)12-16/h8-12H,2-7H2,1H3. The number of unbranched alkanes of at least 4 members (excludes halogenated alkanes) is 2. The van der Waals surface area contributed by atoms with Gasteiger partial charge in [-0.3, -0.25) is 0 Å². The lowest BCUT2D eigenvalue weighted by molar-refractivity contribution is 0.447. The highest BCUT2D eigenvalue weighted by molar-refractivity contribution is 5.70. The normalized spacial score (nSPS) is 13.6. The van der Waals surface area contributed by atoms with E-state index in [1.165, 1.54) is 18.1 Å². The second kappa shape index (κ2) is 7.42. The molecule has 0 unspecified atom stereocenters. The number of halogens is 4. The van der Waals surface area contributed by atoms with Crippen LogP contribution < -0.4 is 0 Å². The Kier molecular flexibility index (Phi) is 5.26. The molecular weight excluding hydrogens is 328 g/mol. The first-order chi connectivity index (χ1) is 12.0. The largest absolute Gasteiger partial charge is 0.206 e. The monoisotopic (exact) mass is 348 g/mol. The Balaban J connectivity index is 1.93. The Labute approximate surface area is 145 Å². The molecule has 0 fully saturated rings. The molecule has 0 spiro atoms. The number of aryl methyl sites for hydroxylation is 1. The lowest BCUT2D eigenvalue weighted by atomic mass is 9.87.